The molecule has 1 aromatic heterocycles. The molecule has 0 aliphatic carbocycles. The quantitative estimate of drug-likeness (QED) is 0.766. The lowest BCUT2D eigenvalue weighted by atomic mass is 10.3. The number of aromatic amines is 1. The highest BCUT2D eigenvalue weighted by atomic mass is 35.5. The van der Waals surface area contributed by atoms with Crippen LogP contribution in [0.2, 0.25) is 5.02 Å². The molecule has 1 heterocycles. The van der Waals surface area contributed by atoms with Gasteiger partial charge in [-0.05, 0) is 19.1 Å². The lowest BCUT2D eigenvalue weighted by Crippen LogP contribution is -2.14. The molecule has 0 unspecified atom stereocenters. The third-order valence-corrected chi connectivity index (χ3v) is 2.28. The Morgan fingerprint density at radius 1 is 1.36 bits per heavy atom. The van der Waals surface area contributed by atoms with Crippen LogP contribution in [0.25, 0.3) is 5.69 Å². The fraction of sp³-hybridized carbons (Fsp3) is 0.100. The molecule has 2 rings (SSSR count). The van der Waals surface area contributed by atoms with E-state index in [0.29, 0.717) is 10.7 Å². The van der Waals surface area contributed by atoms with Gasteiger partial charge < -0.3 is 4.98 Å². The Kier molecular flexibility index (Phi) is 2.17. The molecule has 0 amide bonds. The molecule has 1 N–H and O–H groups in total. The van der Waals surface area contributed by atoms with Gasteiger partial charge in [0.1, 0.15) is 0 Å². The first kappa shape index (κ1) is 9.09. The fourth-order valence-electron chi connectivity index (χ4n) is 1.34. The molecule has 14 heavy (non-hydrogen) atoms. The summed E-state index contributed by atoms with van der Waals surface area (Å²) in [7, 11) is 0. The number of benzene rings is 1. The number of nitrogens with one attached hydrogen (secondary N) is 1. The average Bonchev–Trinajstić information content (AvgIpc) is 2.46. The number of rotatable bonds is 1. The SMILES string of the molecule is Cc1cn(-c2ccccc2Cl)c(=O)[nH]1. The van der Waals surface area contributed by atoms with Crippen LogP contribution in [0.5, 0.6) is 0 Å². The summed E-state index contributed by atoms with van der Waals surface area (Å²) in [6.45, 7) is 1.83. The Morgan fingerprint density at radius 3 is 2.64 bits per heavy atom. The summed E-state index contributed by atoms with van der Waals surface area (Å²) >= 11 is 5.97. The van der Waals surface area contributed by atoms with E-state index in [2.05, 4.69) is 4.98 Å². The summed E-state index contributed by atoms with van der Waals surface area (Å²) in [6, 6.07) is 7.23. The molecule has 0 spiro atoms. The van der Waals surface area contributed by atoms with Crippen molar-refractivity contribution in [1.82, 2.24) is 9.55 Å². The van der Waals surface area contributed by atoms with Gasteiger partial charge in [0.15, 0.2) is 0 Å². The smallest absolute Gasteiger partial charge is 0.310 e. The van der Waals surface area contributed by atoms with Gasteiger partial charge in [0.2, 0.25) is 0 Å². The molecule has 0 bridgehead atoms. The minimum absolute atomic E-state index is 0.171. The van der Waals surface area contributed by atoms with Crippen molar-refractivity contribution in [3.63, 3.8) is 0 Å². The van der Waals surface area contributed by atoms with E-state index in [4.69, 9.17) is 11.6 Å². The largest absolute Gasteiger partial charge is 0.330 e. The Labute approximate surface area is 86.0 Å². The molecule has 0 aliphatic rings. The van der Waals surface area contributed by atoms with Crippen LogP contribution < -0.4 is 5.69 Å². The second kappa shape index (κ2) is 3.35. The highest BCUT2D eigenvalue weighted by Gasteiger charge is 2.05. The highest BCUT2D eigenvalue weighted by molar-refractivity contribution is 6.32. The average molecular weight is 209 g/mol. The number of nitrogens with zero attached hydrogens (tertiary/aromatic N) is 1. The number of imidazole rings is 1. The fourth-order valence-corrected chi connectivity index (χ4v) is 1.57. The van der Waals surface area contributed by atoms with Gasteiger partial charge in [-0.2, -0.15) is 0 Å². The molecule has 0 atom stereocenters. The van der Waals surface area contributed by atoms with Crippen LogP contribution in [0, 0.1) is 6.92 Å². The van der Waals surface area contributed by atoms with Gasteiger partial charge in [0, 0.05) is 11.9 Å². The zero-order valence-electron chi connectivity index (χ0n) is 7.62. The van der Waals surface area contributed by atoms with Gasteiger partial charge in [-0.25, -0.2) is 4.79 Å². The molecular formula is C10H9ClN2O. The molecule has 0 radical (unpaired) electrons. The molecule has 0 aliphatic heterocycles. The van der Waals surface area contributed by atoms with Crippen LogP contribution >= 0.6 is 11.6 Å². The maximum absolute atomic E-state index is 11.4. The minimum Gasteiger partial charge on any atom is -0.310 e. The molecule has 0 saturated heterocycles. The second-order valence-electron chi connectivity index (χ2n) is 3.06. The van der Waals surface area contributed by atoms with Gasteiger partial charge in [0.25, 0.3) is 0 Å². The normalized spacial score (nSPS) is 10.4. The molecule has 3 nitrogen and oxygen atoms in total. The van der Waals surface area contributed by atoms with Crippen LogP contribution in [0.4, 0.5) is 0 Å². The summed E-state index contributed by atoms with van der Waals surface area (Å²) < 4.78 is 1.50. The maximum atomic E-state index is 11.4. The molecular weight excluding hydrogens is 200 g/mol. The van der Waals surface area contributed by atoms with Gasteiger partial charge in [-0.1, -0.05) is 23.7 Å². The monoisotopic (exact) mass is 208 g/mol. The molecule has 1 aromatic carbocycles. The van der Waals surface area contributed by atoms with Crippen LogP contribution in [-0.2, 0) is 0 Å². The number of aryl methyl sites for hydroxylation is 1. The van der Waals surface area contributed by atoms with Gasteiger partial charge >= 0.3 is 5.69 Å². The van der Waals surface area contributed by atoms with E-state index in [1.165, 1.54) is 4.57 Å². The van der Waals surface area contributed by atoms with Crippen molar-refractivity contribution in [2.45, 2.75) is 6.92 Å². The molecule has 72 valence electrons. The van der Waals surface area contributed by atoms with Crippen LogP contribution in [-0.4, -0.2) is 9.55 Å². The lowest BCUT2D eigenvalue weighted by Gasteiger charge is -2.02. The van der Waals surface area contributed by atoms with Crippen molar-refractivity contribution < 1.29 is 0 Å². The Morgan fingerprint density at radius 2 is 2.07 bits per heavy atom. The number of hydrogen-bond acceptors (Lipinski definition) is 1. The molecule has 0 fully saturated rings. The third kappa shape index (κ3) is 1.46. The molecule has 0 saturated carbocycles. The topological polar surface area (TPSA) is 37.8 Å². The van der Waals surface area contributed by atoms with Gasteiger partial charge in [0.05, 0.1) is 10.7 Å². The van der Waals surface area contributed by atoms with E-state index in [9.17, 15) is 4.79 Å². The predicted octanol–water partition coefficient (Wildman–Crippen LogP) is 2.13. The van der Waals surface area contributed by atoms with Crippen molar-refractivity contribution in [3.05, 3.63) is 51.7 Å². The summed E-state index contributed by atoms with van der Waals surface area (Å²) in [6.07, 6.45) is 1.73. The van der Waals surface area contributed by atoms with E-state index in [1.807, 2.05) is 19.1 Å². The van der Waals surface area contributed by atoms with E-state index < -0.39 is 0 Å². The van der Waals surface area contributed by atoms with E-state index in [1.54, 1.807) is 18.3 Å². The Hall–Kier alpha value is -1.48. The maximum Gasteiger partial charge on any atom is 0.330 e. The minimum atomic E-state index is -0.171. The second-order valence-corrected chi connectivity index (χ2v) is 3.47. The summed E-state index contributed by atoms with van der Waals surface area (Å²) in [5, 5.41) is 0.564. The zero-order valence-corrected chi connectivity index (χ0v) is 8.38. The van der Waals surface area contributed by atoms with Crippen molar-refractivity contribution in [2.75, 3.05) is 0 Å². The molecule has 4 heteroatoms. The standard InChI is InChI=1S/C10H9ClN2O/c1-7-6-13(10(14)12-7)9-5-3-2-4-8(9)11/h2-6H,1H3,(H,12,14). The number of hydrogen-bond donors (Lipinski definition) is 1. The highest BCUT2D eigenvalue weighted by Crippen LogP contribution is 2.17. The van der Waals surface area contributed by atoms with Crippen molar-refractivity contribution >= 4 is 11.6 Å². The first-order valence-electron chi connectivity index (χ1n) is 4.21. The number of halogens is 1. The summed E-state index contributed by atoms with van der Waals surface area (Å²) in [5.41, 5.74) is 1.34. The van der Waals surface area contributed by atoms with Crippen LogP contribution in [0.15, 0.2) is 35.3 Å². The number of H-pyrrole nitrogens is 1. The van der Waals surface area contributed by atoms with E-state index in [0.717, 1.165) is 5.69 Å². The Balaban J connectivity index is 2.66. The van der Waals surface area contributed by atoms with Gasteiger partial charge in [-0.15, -0.1) is 0 Å². The van der Waals surface area contributed by atoms with Gasteiger partial charge in [-0.3, -0.25) is 4.57 Å². The summed E-state index contributed by atoms with van der Waals surface area (Å²) in [4.78, 5) is 14.1. The van der Waals surface area contributed by atoms with Crippen molar-refractivity contribution in [3.8, 4) is 5.69 Å². The summed E-state index contributed by atoms with van der Waals surface area (Å²) in [5.74, 6) is 0. The Bertz CT molecular complexity index is 513. The predicted molar refractivity (Wildman–Crippen MR) is 56.1 cm³/mol. The van der Waals surface area contributed by atoms with E-state index in [-0.39, 0.29) is 5.69 Å². The third-order valence-electron chi connectivity index (χ3n) is 1.96. The van der Waals surface area contributed by atoms with Crippen molar-refractivity contribution in [1.29, 1.82) is 0 Å². The number of aromatic nitrogens is 2. The van der Waals surface area contributed by atoms with Crippen LogP contribution in [0.1, 0.15) is 5.69 Å². The first-order valence-corrected chi connectivity index (χ1v) is 4.59. The zero-order chi connectivity index (χ0) is 10.1. The number of para-hydroxylation sites is 1. The van der Waals surface area contributed by atoms with Crippen LogP contribution in [0.3, 0.4) is 0 Å². The lowest BCUT2D eigenvalue weighted by molar-refractivity contribution is 0.987. The molecule has 2 aromatic rings. The first-order chi connectivity index (χ1) is 6.68. The van der Waals surface area contributed by atoms with E-state index >= 15 is 0 Å². The van der Waals surface area contributed by atoms with Crippen molar-refractivity contribution in [2.24, 2.45) is 0 Å².